The molecule has 1 heterocycles. The summed E-state index contributed by atoms with van der Waals surface area (Å²) >= 11 is 11.7. The van der Waals surface area contributed by atoms with Gasteiger partial charge in [0.05, 0.1) is 7.11 Å². The van der Waals surface area contributed by atoms with E-state index in [9.17, 15) is 0 Å². The molecule has 0 radical (unpaired) electrons. The van der Waals surface area contributed by atoms with E-state index in [1.54, 1.807) is 13.2 Å². The van der Waals surface area contributed by atoms with Gasteiger partial charge in [-0.05, 0) is 19.8 Å². The van der Waals surface area contributed by atoms with E-state index in [2.05, 4.69) is 4.98 Å². The summed E-state index contributed by atoms with van der Waals surface area (Å²) in [5, 5.41) is 0.724. The van der Waals surface area contributed by atoms with Gasteiger partial charge in [-0.2, -0.15) is 0 Å². The van der Waals surface area contributed by atoms with Crippen LogP contribution < -0.4 is 10.5 Å². The monoisotopic (exact) mass is 284 g/mol. The molecule has 0 saturated heterocycles. The third kappa shape index (κ3) is 4.34. The fourth-order valence-corrected chi connectivity index (χ4v) is 1.78. The number of rotatable bonds is 4. The number of pyridine rings is 1. The van der Waals surface area contributed by atoms with Gasteiger partial charge in [-0.15, -0.1) is 12.4 Å². The Balaban J connectivity index is 0.00000225. The highest BCUT2D eigenvalue weighted by Crippen LogP contribution is 2.29. The van der Waals surface area contributed by atoms with Crippen molar-refractivity contribution in [2.45, 2.75) is 25.8 Å². The van der Waals surface area contributed by atoms with Gasteiger partial charge in [-0.3, -0.25) is 0 Å². The first-order chi connectivity index (χ1) is 7.04. The number of hydrogen-bond donors (Lipinski definition) is 1. The number of nitrogens with zero attached hydrogens (tertiary/aromatic N) is 1. The van der Waals surface area contributed by atoms with E-state index in [1.807, 2.05) is 6.92 Å². The summed E-state index contributed by atoms with van der Waals surface area (Å²) in [7, 11) is 1.58. The quantitative estimate of drug-likeness (QED) is 0.865. The number of aromatic nitrogens is 1. The zero-order valence-electron chi connectivity index (χ0n) is 9.17. The van der Waals surface area contributed by atoms with E-state index in [0.717, 1.165) is 18.4 Å². The molecule has 0 saturated carbocycles. The standard InChI is InChI=1S/C10H14Cl2N2O.ClH/c1-6(13)3-4-7-8(15-2)5-9(11)14-10(7)12;/h5-6H,3-4,13H2,1-2H3;1H. The first-order valence-corrected chi connectivity index (χ1v) is 5.44. The minimum atomic E-state index is 0. The van der Waals surface area contributed by atoms with Gasteiger partial charge in [0, 0.05) is 17.7 Å². The fraction of sp³-hybridized carbons (Fsp3) is 0.500. The normalized spacial score (nSPS) is 11.8. The highest BCUT2D eigenvalue weighted by Gasteiger charge is 2.11. The van der Waals surface area contributed by atoms with Gasteiger partial charge in [0.25, 0.3) is 0 Å². The Hall–Kier alpha value is -0.220. The second-order valence-electron chi connectivity index (χ2n) is 3.43. The highest BCUT2D eigenvalue weighted by molar-refractivity contribution is 6.33. The van der Waals surface area contributed by atoms with Gasteiger partial charge >= 0.3 is 0 Å². The average Bonchev–Trinajstić information content (AvgIpc) is 2.14. The number of halogens is 3. The molecule has 6 heteroatoms. The summed E-state index contributed by atoms with van der Waals surface area (Å²) in [6, 6.07) is 1.78. The molecule has 1 rings (SSSR count). The Kier molecular flexibility index (Phi) is 7.07. The van der Waals surface area contributed by atoms with Gasteiger partial charge in [0.2, 0.25) is 0 Å². The van der Waals surface area contributed by atoms with Gasteiger partial charge in [0.15, 0.2) is 0 Å². The SMILES string of the molecule is COc1cc(Cl)nc(Cl)c1CCC(C)N.Cl. The van der Waals surface area contributed by atoms with Crippen LogP contribution in [0.1, 0.15) is 18.9 Å². The van der Waals surface area contributed by atoms with Crippen molar-refractivity contribution in [3.8, 4) is 5.75 Å². The summed E-state index contributed by atoms with van der Waals surface area (Å²) in [6.07, 6.45) is 1.57. The molecule has 0 aliphatic rings. The van der Waals surface area contributed by atoms with Crippen LogP contribution in [0, 0.1) is 0 Å². The largest absolute Gasteiger partial charge is 0.496 e. The smallest absolute Gasteiger partial charge is 0.137 e. The maximum absolute atomic E-state index is 5.98. The van der Waals surface area contributed by atoms with Crippen molar-refractivity contribution in [2.24, 2.45) is 5.73 Å². The zero-order chi connectivity index (χ0) is 11.4. The lowest BCUT2D eigenvalue weighted by Crippen LogP contribution is -2.15. The molecule has 0 bridgehead atoms. The van der Waals surface area contributed by atoms with Crippen LogP contribution in [-0.2, 0) is 6.42 Å². The van der Waals surface area contributed by atoms with E-state index in [0.29, 0.717) is 16.1 Å². The molecule has 0 spiro atoms. The lowest BCUT2D eigenvalue weighted by molar-refractivity contribution is 0.408. The van der Waals surface area contributed by atoms with Crippen molar-refractivity contribution in [1.82, 2.24) is 4.98 Å². The molecule has 1 atom stereocenters. The minimum absolute atomic E-state index is 0. The summed E-state index contributed by atoms with van der Waals surface area (Å²) in [4.78, 5) is 3.97. The molecule has 3 nitrogen and oxygen atoms in total. The molecular formula is C10H15Cl3N2O. The van der Waals surface area contributed by atoms with E-state index in [4.69, 9.17) is 33.7 Å². The molecule has 2 N–H and O–H groups in total. The molecule has 1 aromatic rings. The minimum Gasteiger partial charge on any atom is -0.496 e. The molecule has 1 aromatic heterocycles. The second kappa shape index (κ2) is 7.17. The maximum Gasteiger partial charge on any atom is 0.137 e. The Labute approximate surface area is 112 Å². The van der Waals surface area contributed by atoms with Gasteiger partial charge in [0.1, 0.15) is 16.1 Å². The Morgan fingerprint density at radius 2 is 2.12 bits per heavy atom. The topological polar surface area (TPSA) is 48.1 Å². The number of ether oxygens (including phenoxy) is 1. The molecule has 0 aliphatic heterocycles. The molecule has 0 amide bonds. The lowest BCUT2D eigenvalue weighted by atomic mass is 10.1. The van der Waals surface area contributed by atoms with Gasteiger partial charge < -0.3 is 10.5 Å². The third-order valence-electron chi connectivity index (χ3n) is 2.07. The molecule has 0 aliphatic carbocycles. The van der Waals surface area contributed by atoms with Crippen LogP contribution in [0.4, 0.5) is 0 Å². The Bertz CT molecular complexity index is 345. The molecular weight excluding hydrogens is 270 g/mol. The fourth-order valence-electron chi connectivity index (χ4n) is 1.27. The molecule has 92 valence electrons. The van der Waals surface area contributed by atoms with E-state index in [-0.39, 0.29) is 18.4 Å². The van der Waals surface area contributed by atoms with Gasteiger partial charge in [-0.1, -0.05) is 23.2 Å². The van der Waals surface area contributed by atoms with E-state index >= 15 is 0 Å². The molecule has 0 aromatic carbocycles. The van der Waals surface area contributed by atoms with Crippen LogP contribution in [0.2, 0.25) is 10.3 Å². The van der Waals surface area contributed by atoms with E-state index in [1.165, 1.54) is 0 Å². The first kappa shape index (κ1) is 15.8. The van der Waals surface area contributed by atoms with Crippen molar-refractivity contribution in [2.75, 3.05) is 7.11 Å². The first-order valence-electron chi connectivity index (χ1n) is 4.69. The van der Waals surface area contributed by atoms with Crippen LogP contribution in [-0.4, -0.2) is 18.1 Å². The molecule has 1 unspecified atom stereocenters. The predicted molar refractivity (Wildman–Crippen MR) is 70.0 cm³/mol. The highest BCUT2D eigenvalue weighted by atomic mass is 35.5. The summed E-state index contributed by atoms with van der Waals surface area (Å²) in [6.45, 7) is 1.95. The maximum atomic E-state index is 5.98. The number of methoxy groups -OCH3 is 1. The van der Waals surface area contributed by atoms with Crippen molar-refractivity contribution >= 4 is 35.6 Å². The number of hydrogen-bond acceptors (Lipinski definition) is 3. The summed E-state index contributed by atoms with van der Waals surface area (Å²) in [5.74, 6) is 0.667. The molecule has 0 fully saturated rings. The van der Waals surface area contributed by atoms with Crippen molar-refractivity contribution in [3.05, 3.63) is 21.9 Å². The van der Waals surface area contributed by atoms with E-state index < -0.39 is 0 Å². The lowest BCUT2D eigenvalue weighted by Gasteiger charge is -2.11. The van der Waals surface area contributed by atoms with Crippen LogP contribution in [0.3, 0.4) is 0 Å². The second-order valence-corrected chi connectivity index (χ2v) is 4.18. The summed E-state index contributed by atoms with van der Waals surface area (Å²) < 4.78 is 5.19. The predicted octanol–water partition coefficient (Wildman–Crippen LogP) is 3.10. The van der Waals surface area contributed by atoms with Crippen molar-refractivity contribution in [1.29, 1.82) is 0 Å². The Morgan fingerprint density at radius 1 is 1.50 bits per heavy atom. The van der Waals surface area contributed by atoms with Crippen LogP contribution in [0.25, 0.3) is 0 Å². The summed E-state index contributed by atoms with van der Waals surface area (Å²) in [5.41, 5.74) is 6.54. The number of nitrogens with two attached hydrogens (primary N) is 1. The Morgan fingerprint density at radius 3 is 2.62 bits per heavy atom. The van der Waals surface area contributed by atoms with Crippen molar-refractivity contribution < 1.29 is 4.74 Å². The van der Waals surface area contributed by atoms with Crippen LogP contribution >= 0.6 is 35.6 Å². The van der Waals surface area contributed by atoms with Crippen molar-refractivity contribution in [3.63, 3.8) is 0 Å². The third-order valence-corrected chi connectivity index (χ3v) is 2.58. The van der Waals surface area contributed by atoms with Crippen LogP contribution in [0.15, 0.2) is 6.07 Å². The van der Waals surface area contributed by atoms with Gasteiger partial charge in [-0.25, -0.2) is 4.98 Å². The zero-order valence-corrected chi connectivity index (χ0v) is 11.5. The molecule has 16 heavy (non-hydrogen) atoms. The van der Waals surface area contributed by atoms with Crippen LogP contribution in [0.5, 0.6) is 5.75 Å². The average molecular weight is 286 g/mol.